The predicted octanol–water partition coefficient (Wildman–Crippen LogP) is 4.73. The average Bonchev–Trinajstić information content (AvgIpc) is 3.00. The number of carbonyl (C=O) groups is 1. The van der Waals surface area contributed by atoms with Gasteiger partial charge in [-0.05, 0) is 39.9 Å². The number of hydrogen-bond donors (Lipinski definition) is 2. The van der Waals surface area contributed by atoms with Crippen LogP contribution in [-0.4, -0.2) is 12.7 Å². The fourth-order valence-electron chi connectivity index (χ4n) is 3.46. The molecule has 3 aromatic rings. The van der Waals surface area contributed by atoms with E-state index in [9.17, 15) is 4.79 Å². The number of anilines is 1. The van der Waals surface area contributed by atoms with Crippen LogP contribution in [0.4, 0.5) is 10.5 Å². The van der Waals surface area contributed by atoms with Gasteiger partial charge in [0.25, 0.3) is 0 Å². The number of amides is 1. The van der Waals surface area contributed by atoms with Crippen molar-refractivity contribution in [1.29, 1.82) is 0 Å². The lowest BCUT2D eigenvalue weighted by atomic mass is 9.98. The minimum absolute atomic E-state index is 0. The number of ether oxygens (including phenoxy) is 1. The quantitative estimate of drug-likeness (QED) is 0.643. The van der Waals surface area contributed by atoms with Crippen LogP contribution in [0.1, 0.15) is 22.6 Å². The molecule has 5 heteroatoms. The molecule has 138 valence electrons. The monoisotopic (exact) mass is 380 g/mol. The van der Waals surface area contributed by atoms with E-state index in [4.69, 9.17) is 10.5 Å². The van der Waals surface area contributed by atoms with E-state index in [1.807, 2.05) is 48.5 Å². The molecular formula is C22H21ClN2O2. The van der Waals surface area contributed by atoms with E-state index in [0.717, 1.165) is 5.56 Å². The largest absolute Gasteiger partial charge is 0.449 e. The average molecular weight is 381 g/mol. The first-order valence-electron chi connectivity index (χ1n) is 8.65. The lowest BCUT2D eigenvalue weighted by Gasteiger charge is -2.14. The summed E-state index contributed by atoms with van der Waals surface area (Å²) < 4.78 is 5.51. The third kappa shape index (κ3) is 3.91. The van der Waals surface area contributed by atoms with Crippen molar-refractivity contribution in [3.05, 3.63) is 89.5 Å². The van der Waals surface area contributed by atoms with Crippen LogP contribution in [0, 0.1) is 0 Å². The molecule has 0 radical (unpaired) electrons. The van der Waals surface area contributed by atoms with Crippen molar-refractivity contribution in [2.45, 2.75) is 12.5 Å². The Morgan fingerprint density at radius 3 is 2.04 bits per heavy atom. The second kappa shape index (κ2) is 8.14. The van der Waals surface area contributed by atoms with Gasteiger partial charge in [-0.3, -0.25) is 0 Å². The molecule has 3 N–H and O–H groups in total. The molecule has 0 spiro atoms. The van der Waals surface area contributed by atoms with Gasteiger partial charge in [0.05, 0.1) is 0 Å². The number of benzene rings is 3. The van der Waals surface area contributed by atoms with Gasteiger partial charge in [-0.1, -0.05) is 60.7 Å². The fourth-order valence-corrected chi connectivity index (χ4v) is 3.46. The third-order valence-electron chi connectivity index (χ3n) is 4.76. The zero-order valence-corrected chi connectivity index (χ0v) is 15.5. The highest BCUT2D eigenvalue weighted by molar-refractivity contribution is 5.85. The highest BCUT2D eigenvalue weighted by Crippen LogP contribution is 2.44. The number of rotatable bonds is 4. The summed E-state index contributed by atoms with van der Waals surface area (Å²) in [6, 6.07) is 24.0. The number of nitrogen functional groups attached to an aromatic ring is 1. The summed E-state index contributed by atoms with van der Waals surface area (Å²) in [5.74, 6) is 0.0738. The number of carbonyl (C=O) groups excluding carboxylic acids is 1. The number of halogens is 1. The van der Waals surface area contributed by atoms with Crippen LogP contribution >= 0.6 is 12.4 Å². The SMILES string of the molecule is Cl.Nc1ccc(CNC(=O)OCC2c3ccccc3-c3ccccc32)cc1. The number of nitrogens with one attached hydrogen (secondary N) is 1. The van der Waals surface area contributed by atoms with Crippen molar-refractivity contribution in [3.8, 4) is 11.1 Å². The Hall–Kier alpha value is -2.98. The lowest BCUT2D eigenvalue weighted by molar-refractivity contribution is 0.142. The topological polar surface area (TPSA) is 64.3 Å². The first-order valence-corrected chi connectivity index (χ1v) is 8.65. The van der Waals surface area contributed by atoms with Crippen LogP contribution in [0.2, 0.25) is 0 Å². The molecule has 0 saturated heterocycles. The molecule has 4 nitrogen and oxygen atoms in total. The first kappa shape index (κ1) is 18.8. The van der Waals surface area contributed by atoms with Gasteiger partial charge in [-0.2, -0.15) is 0 Å². The highest BCUT2D eigenvalue weighted by Gasteiger charge is 2.28. The number of nitrogens with two attached hydrogens (primary N) is 1. The molecule has 0 fully saturated rings. The van der Waals surface area contributed by atoms with Crippen LogP contribution in [0.3, 0.4) is 0 Å². The molecule has 1 amide bonds. The minimum atomic E-state index is -0.413. The Labute approximate surface area is 164 Å². The molecular weight excluding hydrogens is 360 g/mol. The lowest BCUT2D eigenvalue weighted by Crippen LogP contribution is -2.25. The maximum absolute atomic E-state index is 12.1. The molecule has 0 atom stereocenters. The Bertz CT molecular complexity index is 896. The van der Waals surface area contributed by atoms with E-state index in [1.54, 1.807) is 0 Å². The minimum Gasteiger partial charge on any atom is -0.449 e. The molecule has 0 saturated carbocycles. The molecule has 0 aliphatic heterocycles. The van der Waals surface area contributed by atoms with Crippen molar-refractivity contribution < 1.29 is 9.53 Å². The van der Waals surface area contributed by atoms with Gasteiger partial charge in [-0.25, -0.2) is 4.79 Å². The molecule has 0 heterocycles. The molecule has 0 unspecified atom stereocenters. The number of alkyl carbamates (subject to hydrolysis) is 1. The van der Waals surface area contributed by atoms with E-state index in [1.165, 1.54) is 22.3 Å². The molecule has 0 aromatic heterocycles. The van der Waals surface area contributed by atoms with Crippen LogP contribution in [-0.2, 0) is 11.3 Å². The first-order chi connectivity index (χ1) is 12.7. The van der Waals surface area contributed by atoms with E-state index >= 15 is 0 Å². The molecule has 4 rings (SSSR count). The second-order valence-corrected chi connectivity index (χ2v) is 6.42. The van der Waals surface area contributed by atoms with E-state index in [2.05, 4.69) is 29.6 Å². The summed E-state index contributed by atoms with van der Waals surface area (Å²) in [4.78, 5) is 12.1. The normalized spacial score (nSPS) is 11.9. The van der Waals surface area contributed by atoms with Gasteiger partial charge in [0.2, 0.25) is 0 Å². The molecule has 27 heavy (non-hydrogen) atoms. The Morgan fingerprint density at radius 1 is 0.889 bits per heavy atom. The summed E-state index contributed by atoms with van der Waals surface area (Å²) in [6.45, 7) is 0.735. The van der Waals surface area contributed by atoms with Crippen molar-refractivity contribution in [2.75, 3.05) is 12.3 Å². The van der Waals surface area contributed by atoms with Gasteiger partial charge in [0.1, 0.15) is 6.61 Å². The van der Waals surface area contributed by atoms with Crippen molar-refractivity contribution in [1.82, 2.24) is 5.32 Å². The Balaban J connectivity index is 0.00000210. The number of hydrogen-bond acceptors (Lipinski definition) is 3. The van der Waals surface area contributed by atoms with Crippen molar-refractivity contribution >= 4 is 24.2 Å². The molecule has 1 aliphatic rings. The van der Waals surface area contributed by atoms with Crippen LogP contribution in [0.5, 0.6) is 0 Å². The van der Waals surface area contributed by atoms with Crippen molar-refractivity contribution in [3.63, 3.8) is 0 Å². The smallest absolute Gasteiger partial charge is 0.407 e. The molecule has 1 aliphatic carbocycles. The zero-order chi connectivity index (χ0) is 17.9. The molecule has 0 bridgehead atoms. The third-order valence-corrected chi connectivity index (χ3v) is 4.76. The van der Waals surface area contributed by atoms with Gasteiger partial charge in [0.15, 0.2) is 0 Å². The Morgan fingerprint density at radius 2 is 1.44 bits per heavy atom. The number of fused-ring (bicyclic) bond motifs is 3. The summed E-state index contributed by atoms with van der Waals surface area (Å²) >= 11 is 0. The summed E-state index contributed by atoms with van der Waals surface area (Å²) in [6.07, 6.45) is -0.413. The van der Waals surface area contributed by atoms with Gasteiger partial charge in [0, 0.05) is 18.2 Å². The van der Waals surface area contributed by atoms with Crippen LogP contribution in [0.25, 0.3) is 11.1 Å². The van der Waals surface area contributed by atoms with E-state index in [0.29, 0.717) is 18.8 Å². The maximum atomic E-state index is 12.1. The molecule has 3 aromatic carbocycles. The maximum Gasteiger partial charge on any atom is 0.407 e. The van der Waals surface area contributed by atoms with Crippen LogP contribution in [0.15, 0.2) is 72.8 Å². The van der Waals surface area contributed by atoms with E-state index < -0.39 is 6.09 Å². The van der Waals surface area contributed by atoms with Gasteiger partial charge < -0.3 is 15.8 Å². The van der Waals surface area contributed by atoms with Gasteiger partial charge in [-0.15, -0.1) is 12.4 Å². The summed E-state index contributed by atoms with van der Waals surface area (Å²) in [7, 11) is 0. The van der Waals surface area contributed by atoms with Crippen LogP contribution < -0.4 is 11.1 Å². The predicted molar refractivity (Wildman–Crippen MR) is 110 cm³/mol. The highest BCUT2D eigenvalue weighted by atomic mass is 35.5. The van der Waals surface area contributed by atoms with E-state index in [-0.39, 0.29) is 18.3 Å². The second-order valence-electron chi connectivity index (χ2n) is 6.42. The summed E-state index contributed by atoms with van der Waals surface area (Å²) in [5.41, 5.74) is 12.2. The van der Waals surface area contributed by atoms with Gasteiger partial charge >= 0.3 is 6.09 Å². The standard InChI is InChI=1S/C22H20N2O2.ClH/c23-16-11-9-15(10-12-16)13-24-22(25)26-14-21-19-7-3-1-5-17(19)18-6-2-4-8-20(18)21;/h1-12,21H,13-14,23H2,(H,24,25);1H. The fraction of sp³-hybridized carbons (Fsp3) is 0.136. The zero-order valence-electron chi connectivity index (χ0n) is 14.7. The summed E-state index contributed by atoms with van der Waals surface area (Å²) in [5, 5.41) is 2.79. The van der Waals surface area contributed by atoms with Crippen molar-refractivity contribution in [2.24, 2.45) is 0 Å². The Kier molecular flexibility index (Phi) is 5.67.